The van der Waals surface area contributed by atoms with Crippen molar-refractivity contribution in [2.75, 3.05) is 0 Å². The highest BCUT2D eigenvalue weighted by Gasteiger charge is 2.08. The first kappa shape index (κ1) is 22.8. The number of unbranched alkanes of at least 4 members (excludes halogenated alkanes) is 4. The smallest absolute Gasteiger partial charge is 0.146 e. The van der Waals surface area contributed by atoms with E-state index in [-0.39, 0.29) is 5.82 Å². The molecule has 0 nitrogen and oxygen atoms in total. The van der Waals surface area contributed by atoms with Gasteiger partial charge in [0.15, 0.2) is 0 Å². The van der Waals surface area contributed by atoms with Gasteiger partial charge >= 0.3 is 0 Å². The van der Waals surface area contributed by atoms with Crippen LogP contribution in [-0.4, -0.2) is 0 Å². The Bertz CT molecular complexity index is 1270. The Morgan fingerprint density at radius 1 is 0.697 bits per heavy atom. The first-order valence-corrected chi connectivity index (χ1v) is 12.0. The summed E-state index contributed by atoms with van der Waals surface area (Å²) >= 11 is 0. The second-order valence-corrected chi connectivity index (χ2v) is 8.84. The molecule has 0 fully saturated rings. The van der Waals surface area contributed by atoms with E-state index in [0.717, 1.165) is 28.5 Å². The van der Waals surface area contributed by atoms with Crippen molar-refractivity contribution in [3.63, 3.8) is 0 Å². The van der Waals surface area contributed by atoms with Gasteiger partial charge in [0, 0.05) is 10.9 Å². The van der Waals surface area contributed by atoms with Crippen LogP contribution in [0.5, 0.6) is 0 Å². The molecule has 0 amide bonds. The molecule has 0 aliphatic carbocycles. The molecule has 0 N–H and O–H groups in total. The van der Waals surface area contributed by atoms with E-state index < -0.39 is 0 Å². The Labute approximate surface area is 197 Å². The largest absolute Gasteiger partial charge is 0.205 e. The van der Waals surface area contributed by atoms with Crippen LogP contribution in [0, 0.1) is 24.6 Å². The molecular weight excluding hydrogens is 403 g/mol. The van der Waals surface area contributed by atoms with E-state index in [2.05, 4.69) is 49.1 Å². The average molecular weight is 435 g/mol. The van der Waals surface area contributed by atoms with Crippen LogP contribution >= 0.6 is 0 Å². The molecule has 4 rings (SSSR count). The van der Waals surface area contributed by atoms with Crippen molar-refractivity contribution in [3.05, 3.63) is 107 Å². The fourth-order valence-electron chi connectivity index (χ4n) is 4.14. The van der Waals surface area contributed by atoms with Crippen molar-refractivity contribution in [3.8, 4) is 23.0 Å². The molecule has 0 spiro atoms. The van der Waals surface area contributed by atoms with Crippen molar-refractivity contribution in [2.45, 2.75) is 52.4 Å². The Balaban J connectivity index is 1.49. The summed E-state index contributed by atoms with van der Waals surface area (Å²) in [5.74, 6) is 5.81. The van der Waals surface area contributed by atoms with Crippen LogP contribution in [0.1, 0.15) is 61.3 Å². The van der Waals surface area contributed by atoms with Crippen LogP contribution in [0.3, 0.4) is 0 Å². The fraction of sp³-hybridized carbons (Fsp3) is 0.250. The van der Waals surface area contributed by atoms with E-state index in [1.165, 1.54) is 43.2 Å². The zero-order chi connectivity index (χ0) is 23.0. The average Bonchev–Trinajstić information content (AvgIpc) is 2.85. The van der Waals surface area contributed by atoms with Crippen LogP contribution in [0.15, 0.2) is 78.9 Å². The van der Waals surface area contributed by atoms with E-state index in [0.29, 0.717) is 10.9 Å². The minimum Gasteiger partial charge on any atom is -0.205 e. The first-order chi connectivity index (χ1) is 16.1. The Hall–Kier alpha value is -3.37. The lowest BCUT2D eigenvalue weighted by Crippen LogP contribution is -1.89. The van der Waals surface area contributed by atoms with Gasteiger partial charge in [-0.2, -0.15) is 0 Å². The van der Waals surface area contributed by atoms with E-state index in [1.807, 2.05) is 49.4 Å². The Morgan fingerprint density at radius 2 is 1.42 bits per heavy atom. The molecule has 0 unspecified atom stereocenters. The standard InChI is InChI=1S/C32H31F/c1-3-4-5-6-7-8-25-13-16-27(17-14-25)29-21-22-31-30(23-29)20-19-28(32(31)33)18-15-26-11-9-24(2)10-12-26/h9-14,16-17,19-23H,3-8H2,1-2H3. The summed E-state index contributed by atoms with van der Waals surface area (Å²) in [5.41, 5.74) is 6.16. The molecule has 0 radical (unpaired) electrons. The molecule has 4 aromatic rings. The lowest BCUT2D eigenvalue weighted by atomic mass is 9.97. The molecule has 0 aliphatic rings. The van der Waals surface area contributed by atoms with Crippen molar-refractivity contribution < 1.29 is 4.39 Å². The van der Waals surface area contributed by atoms with E-state index >= 15 is 4.39 Å². The molecule has 166 valence electrons. The van der Waals surface area contributed by atoms with Crippen molar-refractivity contribution in [1.29, 1.82) is 0 Å². The number of aryl methyl sites for hydroxylation is 2. The summed E-state index contributed by atoms with van der Waals surface area (Å²) in [7, 11) is 0. The third-order valence-electron chi connectivity index (χ3n) is 6.20. The number of hydrogen-bond donors (Lipinski definition) is 0. The third-order valence-corrected chi connectivity index (χ3v) is 6.20. The van der Waals surface area contributed by atoms with Gasteiger partial charge in [0.05, 0.1) is 5.56 Å². The van der Waals surface area contributed by atoms with E-state index in [9.17, 15) is 0 Å². The lowest BCUT2D eigenvalue weighted by Gasteiger charge is -2.08. The van der Waals surface area contributed by atoms with Gasteiger partial charge < -0.3 is 0 Å². The highest BCUT2D eigenvalue weighted by atomic mass is 19.1. The van der Waals surface area contributed by atoms with Gasteiger partial charge in [-0.3, -0.25) is 0 Å². The van der Waals surface area contributed by atoms with Crippen LogP contribution < -0.4 is 0 Å². The molecule has 0 saturated heterocycles. The van der Waals surface area contributed by atoms with Crippen LogP contribution in [0.25, 0.3) is 21.9 Å². The summed E-state index contributed by atoms with van der Waals surface area (Å²) in [4.78, 5) is 0. The van der Waals surface area contributed by atoms with Gasteiger partial charge in [-0.15, -0.1) is 0 Å². The Morgan fingerprint density at radius 3 is 2.18 bits per heavy atom. The molecular formula is C32H31F. The van der Waals surface area contributed by atoms with Gasteiger partial charge in [0.25, 0.3) is 0 Å². The maximum Gasteiger partial charge on any atom is 0.146 e. The second kappa shape index (κ2) is 11.0. The predicted octanol–water partition coefficient (Wildman–Crippen LogP) is 8.87. The van der Waals surface area contributed by atoms with Gasteiger partial charge in [-0.25, -0.2) is 4.39 Å². The maximum atomic E-state index is 15.1. The maximum absolute atomic E-state index is 15.1. The molecule has 33 heavy (non-hydrogen) atoms. The topological polar surface area (TPSA) is 0 Å². The highest BCUT2D eigenvalue weighted by molar-refractivity contribution is 5.89. The van der Waals surface area contributed by atoms with Gasteiger partial charge in [0.2, 0.25) is 0 Å². The SMILES string of the molecule is CCCCCCCc1ccc(-c2ccc3c(F)c(C#Cc4ccc(C)cc4)ccc3c2)cc1. The second-order valence-electron chi connectivity index (χ2n) is 8.84. The zero-order valence-corrected chi connectivity index (χ0v) is 19.6. The molecule has 1 heteroatoms. The molecule has 4 aromatic carbocycles. The van der Waals surface area contributed by atoms with Gasteiger partial charge in [0.1, 0.15) is 5.82 Å². The van der Waals surface area contributed by atoms with Crippen LogP contribution in [0.4, 0.5) is 4.39 Å². The Kier molecular flexibility index (Phi) is 7.59. The number of hydrogen-bond acceptors (Lipinski definition) is 0. The summed E-state index contributed by atoms with van der Waals surface area (Å²) in [6.45, 7) is 4.29. The predicted molar refractivity (Wildman–Crippen MR) is 139 cm³/mol. The van der Waals surface area contributed by atoms with Crippen molar-refractivity contribution in [1.82, 2.24) is 0 Å². The molecule has 0 saturated carbocycles. The number of benzene rings is 4. The van der Waals surface area contributed by atoms with Gasteiger partial charge in [-0.1, -0.05) is 105 Å². The molecule has 0 aliphatic heterocycles. The van der Waals surface area contributed by atoms with Crippen LogP contribution in [-0.2, 0) is 6.42 Å². The zero-order valence-electron chi connectivity index (χ0n) is 19.6. The summed E-state index contributed by atoms with van der Waals surface area (Å²) in [6.07, 6.45) is 7.66. The summed E-state index contributed by atoms with van der Waals surface area (Å²) < 4.78 is 15.1. The first-order valence-electron chi connectivity index (χ1n) is 12.0. The molecule has 0 aromatic heterocycles. The fourth-order valence-corrected chi connectivity index (χ4v) is 4.14. The van der Waals surface area contributed by atoms with E-state index in [1.54, 1.807) is 6.07 Å². The quantitative estimate of drug-likeness (QED) is 0.201. The minimum atomic E-state index is -0.253. The van der Waals surface area contributed by atoms with E-state index in [4.69, 9.17) is 0 Å². The lowest BCUT2D eigenvalue weighted by molar-refractivity contribution is 0.632. The van der Waals surface area contributed by atoms with Crippen molar-refractivity contribution >= 4 is 10.8 Å². The number of fused-ring (bicyclic) bond motifs is 1. The molecule has 0 heterocycles. The third kappa shape index (κ3) is 5.91. The number of halogens is 1. The molecule has 0 bridgehead atoms. The normalized spacial score (nSPS) is 10.8. The monoisotopic (exact) mass is 434 g/mol. The van der Waals surface area contributed by atoms with Crippen LogP contribution in [0.2, 0.25) is 0 Å². The number of rotatable bonds is 7. The summed E-state index contributed by atoms with van der Waals surface area (Å²) in [6, 6.07) is 26.5. The highest BCUT2D eigenvalue weighted by Crippen LogP contribution is 2.28. The minimum absolute atomic E-state index is 0.253. The summed E-state index contributed by atoms with van der Waals surface area (Å²) in [5, 5.41) is 1.50. The van der Waals surface area contributed by atoms with Gasteiger partial charge in [-0.05, 0) is 66.1 Å². The molecule has 0 atom stereocenters. The van der Waals surface area contributed by atoms with Crippen molar-refractivity contribution in [2.24, 2.45) is 0 Å².